The standard InChI is InChI=1S/C15H20N2O2/c1-3-12(10-16)11-17(2)13-5-6-14-15(9-13)19-8-4-7-18-14/h5-6,9,12H,3-4,7-8,11H2,1-2H3. The molecule has 0 saturated carbocycles. The molecular weight excluding hydrogens is 240 g/mol. The van der Waals surface area contributed by atoms with E-state index in [-0.39, 0.29) is 5.92 Å². The van der Waals surface area contributed by atoms with Crippen molar-refractivity contribution < 1.29 is 9.47 Å². The Kier molecular flexibility index (Phi) is 4.51. The molecule has 1 aliphatic rings. The van der Waals surface area contributed by atoms with Gasteiger partial charge in [-0.1, -0.05) is 6.92 Å². The van der Waals surface area contributed by atoms with E-state index in [0.717, 1.165) is 36.6 Å². The Labute approximate surface area is 114 Å². The highest BCUT2D eigenvalue weighted by Crippen LogP contribution is 2.33. The second-order valence-electron chi connectivity index (χ2n) is 4.80. The van der Waals surface area contributed by atoms with E-state index < -0.39 is 0 Å². The molecule has 0 aliphatic carbocycles. The number of anilines is 1. The summed E-state index contributed by atoms with van der Waals surface area (Å²) in [5, 5.41) is 9.03. The van der Waals surface area contributed by atoms with Gasteiger partial charge in [0.05, 0.1) is 25.2 Å². The molecule has 19 heavy (non-hydrogen) atoms. The molecule has 0 radical (unpaired) electrons. The number of hydrogen-bond acceptors (Lipinski definition) is 4. The van der Waals surface area contributed by atoms with Crippen LogP contribution in [0.3, 0.4) is 0 Å². The summed E-state index contributed by atoms with van der Waals surface area (Å²) >= 11 is 0. The molecule has 0 saturated heterocycles. The predicted molar refractivity (Wildman–Crippen MR) is 74.7 cm³/mol. The zero-order valence-corrected chi connectivity index (χ0v) is 11.6. The topological polar surface area (TPSA) is 45.5 Å². The fraction of sp³-hybridized carbons (Fsp3) is 0.533. The molecule has 0 N–H and O–H groups in total. The minimum absolute atomic E-state index is 0.0565. The molecule has 1 unspecified atom stereocenters. The van der Waals surface area contributed by atoms with Gasteiger partial charge in [-0.05, 0) is 18.6 Å². The highest BCUT2D eigenvalue weighted by Gasteiger charge is 2.14. The van der Waals surface area contributed by atoms with Crippen LogP contribution < -0.4 is 14.4 Å². The largest absolute Gasteiger partial charge is 0.490 e. The van der Waals surface area contributed by atoms with Crippen molar-refractivity contribution in [3.05, 3.63) is 18.2 Å². The van der Waals surface area contributed by atoms with Gasteiger partial charge in [0, 0.05) is 31.8 Å². The minimum atomic E-state index is 0.0565. The summed E-state index contributed by atoms with van der Waals surface area (Å²) in [7, 11) is 2.00. The van der Waals surface area contributed by atoms with Gasteiger partial charge in [-0.25, -0.2) is 0 Å². The zero-order valence-electron chi connectivity index (χ0n) is 11.6. The van der Waals surface area contributed by atoms with Crippen LogP contribution in [0.15, 0.2) is 18.2 Å². The maximum Gasteiger partial charge on any atom is 0.163 e. The SMILES string of the molecule is CCC(C#N)CN(C)c1ccc2c(c1)OCCCO2. The number of nitriles is 1. The molecule has 4 nitrogen and oxygen atoms in total. The molecule has 1 aromatic carbocycles. The van der Waals surface area contributed by atoms with Crippen LogP contribution in [0.25, 0.3) is 0 Å². The predicted octanol–water partition coefficient (Wildman–Crippen LogP) is 2.83. The number of fused-ring (bicyclic) bond motifs is 1. The summed E-state index contributed by atoms with van der Waals surface area (Å²) in [5.41, 5.74) is 1.05. The Morgan fingerprint density at radius 2 is 2.05 bits per heavy atom. The lowest BCUT2D eigenvalue weighted by Crippen LogP contribution is -2.24. The molecule has 1 atom stereocenters. The first kappa shape index (κ1) is 13.5. The molecule has 2 rings (SSSR count). The van der Waals surface area contributed by atoms with E-state index in [1.807, 2.05) is 32.2 Å². The van der Waals surface area contributed by atoms with Gasteiger partial charge in [0.1, 0.15) is 0 Å². The third kappa shape index (κ3) is 3.31. The molecule has 1 heterocycles. The lowest BCUT2D eigenvalue weighted by atomic mass is 10.1. The first-order valence-electron chi connectivity index (χ1n) is 6.75. The summed E-state index contributed by atoms with van der Waals surface area (Å²) in [6.45, 7) is 4.16. The molecule has 0 spiro atoms. The molecule has 1 aliphatic heterocycles. The lowest BCUT2D eigenvalue weighted by molar-refractivity contribution is 0.297. The van der Waals surface area contributed by atoms with Crippen LogP contribution in [0.5, 0.6) is 11.5 Å². The fourth-order valence-electron chi connectivity index (χ4n) is 2.09. The quantitative estimate of drug-likeness (QED) is 0.835. The molecule has 0 aromatic heterocycles. The molecule has 0 amide bonds. The van der Waals surface area contributed by atoms with Crippen LogP contribution in [-0.4, -0.2) is 26.8 Å². The minimum Gasteiger partial charge on any atom is -0.490 e. The van der Waals surface area contributed by atoms with Crippen molar-refractivity contribution in [3.8, 4) is 17.6 Å². The smallest absolute Gasteiger partial charge is 0.163 e. The second kappa shape index (κ2) is 6.33. The highest BCUT2D eigenvalue weighted by molar-refractivity contribution is 5.56. The fourth-order valence-corrected chi connectivity index (χ4v) is 2.09. The van der Waals surface area contributed by atoms with Crippen LogP contribution in [-0.2, 0) is 0 Å². The Morgan fingerprint density at radius 3 is 2.74 bits per heavy atom. The number of hydrogen-bond donors (Lipinski definition) is 0. The number of ether oxygens (including phenoxy) is 2. The molecular formula is C15H20N2O2. The van der Waals surface area contributed by atoms with Crippen LogP contribution in [0.1, 0.15) is 19.8 Å². The molecule has 1 aromatic rings. The van der Waals surface area contributed by atoms with E-state index in [1.165, 1.54) is 0 Å². The van der Waals surface area contributed by atoms with E-state index in [1.54, 1.807) is 0 Å². The Morgan fingerprint density at radius 1 is 1.32 bits per heavy atom. The Hall–Kier alpha value is -1.89. The van der Waals surface area contributed by atoms with Crippen LogP contribution >= 0.6 is 0 Å². The third-order valence-electron chi connectivity index (χ3n) is 3.34. The van der Waals surface area contributed by atoms with Crippen molar-refractivity contribution in [2.24, 2.45) is 5.92 Å². The van der Waals surface area contributed by atoms with E-state index in [0.29, 0.717) is 13.2 Å². The third-order valence-corrected chi connectivity index (χ3v) is 3.34. The van der Waals surface area contributed by atoms with Crippen LogP contribution in [0.4, 0.5) is 5.69 Å². The van der Waals surface area contributed by atoms with Crippen molar-refractivity contribution in [1.82, 2.24) is 0 Å². The highest BCUT2D eigenvalue weighted by atomic mass is 16.5. The van der Waals surface area contributed by atoms with E-state index in [2.05, 4.69) is 11.0 Å². The van der Waals surface area contributed by atoms with Crippen molar-refractivity contribution in [2.45, 2.75) is 19.8 Å². The summed E-state index contributed by atoms with van der Waals surface area (Å²) in [6, 6.07) is 8.27. The average Bonchev–Trinajstić information content (AvgIpc) is 2.68. The van der Waals surface area contributed by atoms with Crippen molar-refractivity contribution >= 4 is 5.69 Å². The average molecular weight is 260 g/mol. The van der Waals surface area contributed by atoms with Gasteiger partial charge in [0.2, 0.25) is 0 Å². The summed E-state index contributed by atoms with van der Waals surface area (Å²) in [6.07, 6.45) is 1.78. The van der Waals surface area contributed by atoms with Crippen molar-refractivity contribution in [2.75, 3.05) is 31.7 Å². The Bertz CT molecular complexity index is 468. The van der Waals surface area contributed by atoms with E-state index in [4.69, 9.17) is 14.7 Å². The summed E-state index contributed by atoms with van der Waals surface area (Å²) < 4.78 is 11.3. The number of nitrogens with zero attached hydrogens (tertiary/aromatic N) is 2. The molecule has 0 fully saturated rings. The van der Waals surface area contributed by atoms with Crippen LogP contribution in [0, 0.1) is 17.2 Å². The van der Waals surface area contributed by atoms with Gasteiger partial charge in [-0.3, -0.25) is 0 Å². The number of benzene rings is 1. The first-order chi connectivity index (χ1) is 9.24. The van der Waals surface area contributed by atoms with Gasteiger partial charge < -0.3 is 14.4 Å². The molecule has 0 bridgehead atoms. The zero-order chi connectivity index (χ0) is 13.7. The molecule has 4 heteroatoms. The lowest BCUT2D eigenvalue weighted by Gasteiger charge is -2.22. The maximum atomic E-state index is 9.03. The van der Waals surface area contributed by atoms with Crippen molar-refractivity contribution in [3.63, 3.8) is 0 Å². The van der Waals surface area contributed by atoms with Gasteiger partial charge in [0.25, 0.3) is 0 Å². The van der Waals surface area contributed by atoms with Crippen LogP contribution in [0.2, 0.25) is 0 Å². The summed E-state index contributed by atoms with van der Waals surface area (Å²) in [4.78, 5) is 2.09. The molecule has 102 valence electrons. The first-order valence-corrected chi connectivity index (χ1v) is 6.75. The Balaban J connectivity index is 2.12. The second-order valence-corrected chi connectivity index (χ2v) is 4.80. The maximum absolute atomic E-state index is 9.03. The van der Waals surface area contributed by atoms with Gasteiger partial charge in [-0.2, -0.15) is 5.26 Å². The van der Waals surface area contributed by atoms with E-state index in [9.17, 15) is 0 Å². The van der Waals surface area contributed by atoms with Gasteiger partial charge >= 0.3 is 0 Å². The monoisotopic (exact) mass is 260 g/mol. The summed E-state index contributed by atoms with van der Waals surface area (Å²) in [5.74, 6) is 1.66. The normalized spacial score (nSPS) is 15.2. The van der Waals surface area contributed by atoms with E-state index >= 15 is 0 Å². The van der Waals surface area contributed by atoms with Gasteiger partial charge in [-0.15, -0.1) is 0 Å². The van der Waals surface area contributed by atoms with Gasteiger partial charge in [0.15, 0.2) is 11.5 Å². The number of rotatable bonds is 4. The van der Waals surface area contributed by atoms with Crippen molar-refractivity contribution in [1.29, 1.82) is 5.26 Å².